The van der Waals surface area contributed by atoms with E-state index in [1.54, 1.807) is 20.8 Å². The standard InChI is InChI=1S/C10H18N4O3/c1-6(17-4)8-7(9(11)15)12-13-14(8)5-10(2,3)16/h6,16H,5H2,1-4H3,(H2,11,15). The van der Waals surface area contributed by atoms with Crippen LogP contribution in [0.4, 0.5) is 0 Å². The first-order valence-corrected chi connectivity index (χ1v) is 5.24. The monoisotopic (exact) mass is 242 g/mol. The molecule has 7 heteroatoms. The van der Waals surface area contributed by atoms with E-state index in [0.717, 1.165) is 0 Å². The minimum atomic E-state index is -0.967. The molecule has 0 spiro atoms. The summed E-state index contributed by atoms with van der Waals surface area (Å²) in [6.07, 6.45) is -0.380. The second-order valence-electron chi connectivity index (χ2n) is 4.54. The van der Waals surface area contributed by atoms with Gasteiger partial charge in [0.2, 0.25) is 0 Å². The second-order valence-corrected chi connectivity index (χ2v) is 4.54. The van der Waals surface area contributed by atoms with Crippen molar-refractivity contribution in [2.45, 2.75) is 39.0 Å². The molecule has 0 aromatic carbocycles. The van der Waals surface area contributed by atoms with E-state index in [1.807, 2.05) is 0 Å². The van der Waals surface area contributed by atoms with Gasteiger partial charge < -0.3 is 15.6 Å². The van der Waals surface area contributed by atoms with Crippen molar-refractivity contribution in [3.63, 3.8) is 0 Å². The Morgan fingerprint density at radius 3 is 2.65 bits per heavy atom. The van der Waals surface area contributed by atoms with E-state index in [9.17, 15) is 9.90 Å². The van der Waals surface area contributed by atoms with Gasteiger partial charge in [-0.1, -0.05) is 5.21 Å². The molecule has 1 unspecified atom stereocenters. The largest absolute Gasteiger partial charge is 0.389 e. The summed E-state index contributed by atoms with van der Waals surface area (Å²) in [6, 6.07) is 0. The fourth-order valence-electron chi connectivity index (χ4n) is 1.49. The summed E-state index contributed by atoms with van der Waals surface area (Å²) in [4.78, 5) is 11.2. The Morgan fingerprint density at radius 2 is 2.24 bits per heavy atom. The number of ether oxygens (including phenoxy) is 1. The van der Waals surface area contributed by atoms with Crippen molar-refractivity contribution >= 4 is 5.91 Å². The van der Waals surface area contributed by atoms with E-state index >= 15 is 0 Å². The van der Waals surface area contributed by atoms with Gasteiger partial charge in [0.15, 0.2) is 5.69 Å². The molecule has 96 valence electrons. The predicted molar refractivity (Wildman–Crippen MR) is 60.3 cm³/mol. The van der Waals surface area contributed by atoms with Crippen molar-refractivity contribution in [3.05, 3.63) is 11.4 Å². The normalized spacial score (nSPS) is 13.7. The Kier molecular flexibility index (Phi) is 3.84. The van der Waals surface area contributed by atoms with Gasteiger partial charge in [-0.15, -0.1) is 5.10 Å². The van der Waals surface area contributed by atoms with Crippen LogP contribution in [0.3, 0.4) is 0 Å². The molecule has 1 aromatic rings. The number of carbonyl (C=O) groups excluding carboxylic acids is 1. The summed E-state index contributed by atoms with van der Waals surface area (Å²) in [6.45, 7) is 5.24. The fraction of sp³-hybridized carbons (Fsp3) is 0.700. The zero-order valence-electron chi connectivity index (χ0n) is 10.5. The first-order chi connectivity index (χ1) is 7.76. The maximum absolute atomic E-state index is 11.2. The average Bonchev–Trinajstić information content (AvgIpc) is 2.57. The van der Waals surface area contributed by atoms with Gasteiger partial charge in [-0.3, -0.25) is 4.79 Å². The Morgan fingerprint density at radius 1 is 1.65 bits per heavy atom. The van der Waals surface area contributed by atoms with E-state index in [2.05, 4.69) is 10.3 Å². The topological polar surface area (TPSA) is 103 Å². The van der Waals surface area contributed by atoms with Crippen molar-refractivity contribution in [1.29, 1.82) is 0 Å². The molecule has 7 nitrogen and oxygen atoms in total. The third-order valence-electron chi connectivity index (χ3n) is 2.28. The molecule has 0 saturated carbocycles. The van der Waals surface area contributed by atoms with E-state index < -0.39 is 11.5 Å². The summed E-state index contributed by atoms with van der Waals surface area (Å²) in [5, 5.41) is 17.3. The van der Waals surface area contributed by atoms with Gasteiger partial charge in [-0.2, -0.15) is 0 Å². The smallest absolute Gasteiger partial charge is 0.271 e. The van der Waals surface area contributed by atoms with Crippen molar-refractivity contribution < 1.29 is 14.6 Å². The van der Waals surface area contributed by atoms with E-state index in [1.165, 1.54) is 11.8 Å². The first kappa shape index (κ1) is 13.6. The van der Waals surface area contributed by atoms with Crippen molar-refractivity contribution in [1.82, 2.24) is 15.0 Å². The molecule has 3 N–H and O–H groups in total. The number of carbonyl (C=O) groups is 1. The van der Waals surface area contributed by atoms with Gasteiger partial charge in [0.05, 0.1) is 18.2 Å². The van der Waals surface area contributed by atoms with E-state index in [-0.39, 0.29) is 18.3 Å². The maximum Gasteiger partial charge on any atom is 0.271 e. The molecule has 1 atom stereocenters. The van der Waals surface area contributed by atoms with Crippen LogP contribution in [0.1, 0.15) is 43.1 Å². The highest BCUT2D eigenvalue weighted by Gasteiger charge is 2.25. The number of aromatic nitrogens is 3. The van der Waals surface area contributed by atoms with Gasteiger partial charge in [-0.25, -0.2) is 4.68 Å². The molecule has 17 heavy (non-hydrogen) atoms. The molecule has 0 aliphatic carbocycles. The highest BCUT2D eigenvalue weighted by Crippen LogP contribution is 2.20. The Hall–Kier alpha value is -1.47. The SMILES string of the molecule is COC(C)c1c(C(N)=O)nnn1CC(C)(C)O. The highest BCUT2D eigenvalue weighted by atomic mass is 16.5. The number of aliphatic hydroxyl groups is 1. The van der Waals surface area contributed by atoms with Crippen LogP contribution in [0.25, 0.3) is 0 Å². The van der Waals surface area contributed by atoms with Crippen LogP contribution >= 0.6 is 0 Å². The van der Waals surface area contributed by atoms with Crippen LogP contribution in [0.5, 0.6) is 0 Å². The van der Waals surface area contributed by atoms with Crippen LogP contribution in [-0.4, -0.2) is 38.7 Å². The van der Waals surface area contributed by atoms with Crippen molar-refractivity contribution in [3.8, 4) is 0 Å². The highest BCUT2D eigenvalue weighted by molar-refractivity contribution is 5.91. The zero-order valence-corrected chi connectivity index (χ0v) is 10.5. The number of primary amides is 1. The molecule has 0 aliphatic heterocycles. The van der Waals surface area contributed by atoms with Gasteiger partial charge in [0.25, 0.3) is 5.91 Å². The lowest BCUT2D eigenvalue weighted by atomic mass is 10.1. The lowest BCUT2D eigenvalue weighted by molar-refractivity contribution is 0.0499. The van der Waals surface area contributed by atoms with Gasteiger partial charge in [0, 0.05) is 7.11 Å². The Bertz CT molecular complexity index is 408. The van der Waals surface area contributed by atoms with Crippen LogP contribution < -0.4 is 5.73 Å². The number of rotatable bonds is 5. The lowest BCUT2D eigenvalue weighted by Gasteiger charge is -2.20. The number of amides is 1. The number of methoxy groups -OCH3 is 1. The fourth-order valence-corrected chi connectivity index (χ4v) is 1.49. The third-order valence-corrected chi connectivity index (χ3v) is 2.28. The van der Waals surface area contributed by atoms with Crippen LogP contribution in [0, 0.1) is 0 Å². The number of nitrogens with zero attached hydrogens (tertiary/aromatic N) is 3. The molecule has 1 rings (SSSR count). The Labute approximate surface area is 99.6 Å². The van der Waals surface area contributed by atoms with Gasteiger partial charge >= 0.3 is 0 Å². The second kappa shape index (κ2) is 4.80. The molecule has 1 amide bonds. The number of nitrogens with two attached hydrogens (primary N) is 1. The Balaban J connectivity index is 3.18. The molecule has 1 aromatic heterocycles. The van der Waals surface area contributed by atoms with Crippen molar-refractivity contribution in [2.75, 3.05) is 7.11 Å². The summed E-state index contributed by atoms with van der Waals surface area (Å²) in [5.74, 6) is -0.661. The molecular formula is C10H18N4O3. The van der Waals surface area contributed by atoms with E-state index in [4.69, 9.17) is 10.5 Å². The van der Waals surface area contributed by atoms with Crippen molar-refractivity contribution in [2.24, 2.45) is 5.73 Å². The van der Waals surface area contributed by atoms with Crippen LogP contribution in [0.2, 0.25) is 0 Å². The summed E-state index contributed by atoms with van der Waals surface area (Å²) in [5.41, 5.74) is 4.79. The molecular weight excluding hydrogens is 224 g/mol. The molecule has 1 heterocycles. The molecule has 0 aliphatic rings. The molecule has 0 saturated heterocycles. The summed E-state index contributed by atoms with van der Waals surface area (Å²) in [7, 11) is 1.51. The molecule has 0 fully saturated rings. The summed E-state index contributed by atoms with van der Waals surface area (Å²) >= 11 is 0. The zero-order chi connectivity index (χ0) is 13.2. The maximum atomic E-state index is 11.2. The number of hydrogen-bond acceptors (Lipinski definition) is 5. The lowest BCUT2D eigenvalue weighted by Crippen LogP contribution is -2.29. The first-order valence-electron chi connectivity index (χ1n) is 5.24. The minimum absolute atomic E-state index is 0.0728. The van der Waals surface area contributed by atoms with Gasteiger partial charge in [0.1, 0.15) is 5.69 Å². The molecule has 0 bridgehead atoms. The predicted octanol–water partition coefficient (Wildman–Crippen LogP) is -0.145. The molecule has 0 radical (unpaired) electrons. The average molecular weight is 242 g/mol. The van der Waals surface area contributed by atoms with Crippen LogP contribution in [-0.2, 0) is 11.3 Å². The van der Waals surface area contributed by atoms with Crippen LogP contribution in [0.15, 0.2) is 0 Å². The van der Waals surface area contributed by atoms with E-state index in [0.29, 0.717) is 5.69 Å². The third kappa shape index (κ3) is 3.24. The quantitative estimate of drug-likeness (QED) is 0.747. The van der Waals surface area contributed by atoms with Gasteiger partial charge in [-0.05, 0) is 20.8 Å². The summed E-state index contributed by atoms with van der Waals surface area (Å²) < 4.78 is 6.59. The minimum Gasteiger partial charge on any atom is -0.389 e. The number of hydrogen-bond donors (Lipinski definition) is 2.